The van der Waals surface area contributed by atoms with E-state index in [1.807, 2.05) is 60.7 Å². The van der Waals surface area contributed by atoms with Crippen LogP contribution in [-0.2, 0) is 22.6 Å². The first-order valence-corrected chi connectivity index (χ1v) is 6.73. The number of carbonyl (C=O) groups is 1. The Hall–Kier alpha value is -2.13. The van der Waals surface area contributed by atoms with Crippen LogP contribution >= 0.6 is 0 Å². The Kier molecular flexibility index (Phi) is 5.33. The third-order valence-corrected chi connectivity index (χ3v) is 3.01. The Labute approximate surface area is 119 Å². The third-order valence-electron chi connectivity index (χ3n) is 3.01. The molecule has 0 aromatic heterocycles. The molecule has 2 N–H and O–H groups in total. The molecule has 0 aliphatic heterocycles. The molecule has 0 unspecified atom stereocenters. The molecule has 2 rings (SSSR count). The zero-order valence-corrected chi connectivity index (χ0v) is 11.4. The molecular formula is C17H19NO2. The Balaban J connectivity index is 1.74. The fourth-order valence-corrected chi connectivity index (χ4v) is 2.00. The third kappa shape index (κ3) is 4.86. The van der Waals surface area contributed by atoms with E-state index in [4.69, 9.17) is 10.5 Å². The lowest BCUT2D eigenvalue weighted by Crippen LogP contribution is -2.27. The Morgan fingerprint density at radius 1 is 0.950 bits per heavy atom. The van der Waals surface area contributed by atoms with Crippen molar-refractivity contribution in [1.82, 2.24) is 0 Å². The first kappa shape index (κ1) is 14.3. The van der Waals surface area contributed by atoms with Gasteiger partial charge in [0.2, 0.25) is 0 Å². The maximum absolute atomic E-state index is 11.7. The predicted molar refractivity (Wildman–Crippen MR) is 79.0 cm³/mol. The van der Waals surface area contributed by atoms with Gasteiger partial charge in [-0.05, 0) is 17.5 Å². The normalized spacial score (nSPS) is 11.8. The van der Waals surface area contributed by atoms with E-state index in [-0.39, 0.29) is 18.4 Å². The number of hydrogen-bond donors (Lipinski definition) is 1. The minimum Gasteiger partial charge on any atom is -0.461 e. The van der Waals surface area contributed by atoms with Crippen molar-refractivity contribution in [2.24, 2.45) is 5.73 Å². The molecule has 2 aromatic rings. The Bertz CT molecular complexity index is 525. The molecular weight excluding hydrogens is 250 g/mol. The van der Waals surface area contributed by atoms with Gasteiger partial charge in [0, 0.05) is 6.04 Å². The van der Waals surface area contributed by atoms with E-state index in [1.54, 1.807) is 0 Å². The van der Waals surface area contributed by atoms with Crippen molar-refractivity contribution >= 4 is 5.97 Å². The molecule has 0 saturated carbocycles. The lowest BCUT2D eigenvalue weighted by molar-refractivity contribution is -0.145. The number of benzene rings is 2. The monoisotopic (exact) mass is 269 g/mol. The van der Waals surface area contributed by atoms with Crippen LogP contribution in [0.1, 0.15) is 17.5 Å². The molecule has 0 radical (unpaired) electrons. The van der Waals surface area contributed by atoms with Crippen molar-refractivity contribution in [3.8, 4) is 0 Å². The van der Waals surface area contributed by atoms with Crippen LogP contribution in [0.5, 0.6) is 0 Å². The molecule has 0 heterocycles. The van der Waals surface area contributed by atoms with Crippen LogP contribution in [0, 0.1) is 0 Å². The highest BCUT2D eigenvalue weighted by atomic mass is 16.5. The number of ether oxygens (including phenoxy) is 1. The van der Waals surface area contributed by atoms with Gasteiger partial charge in [-0.2, -0.15) is 0 Å². The summed E-state index contributed by atoms with van der Waals surface area (Å²) in [4.78, 5) is 11.7. The highest BCUT2D eigenvalue weighted by Crippen LogP contribution is 2.06. The summed E-state index contributed by atoms with van der Waals surface area (Å²) < 4.78 is 5.22. The number of carbonyl (C=O) groups excluding carboxylic acids is 1. The van der Waals surface area contributed by atoms with Gasteiger partial charge in [0.1, 0.15) is 6.61 Å². The lowest BCUT2D eigenvalue weighted by atomic mass is 10.0. The fraction of sp³-hybridized carbons (Fsp3) is 0.235. The van der Waals surface area contributed by atoms with Gasteiger partial charge in [-0.3, -0.25) is 4.79 Å². The van der Waals surface area contributed by atoms with Crippen molar-refractivity contribution in [1.29, 1.82) is 0 Å². The van der Waals surface area contributed by atoms with Gasteiger partial charge >= 0.3 is 5.97 Å². The second-order valence-electron chi connectivity index (χ2n) is 4.80. The van der Waals surface area contributed by atoms with Crippen molar-refractivity contribution in [3.63, 3.8) is 0 Å². The predicted octanol–water partition coefficient (Wildman–Crippen LogP) is 2.69. The van der Waals surface area contributed by atoms with E-state index in [0.29, 0.717) is 13.0 Å². The fourth-order valence-electron chi connectivity index (χ4n) is 2.00. The smallest absolute Gasteiger partial charge is 0.307 e. The number of nitrogens with two attached hydrogens (primary N) is 1. The second-order valence-corrected chi connectivity index (χ2v) is 4.80. The van der Waals surface area contributed by atoms with Crippen LogP contribution in [-0.4, -0.2) is 12.0 Å². The standard InChI is InChI=1S/C17H19NO2/c18-16(11-14-7-3-1-4-8-14)12-17(19)20-13-15-9-5-2-6-10-15/h1-10,16H,11-13,18H2/t16-/m0/s1. The quantitative estimate of drug-likeness (QED) is 0.820. The van der Waals surface area contributed by atoms with E-state index >= 15 is 0 Å². The maximum Gasteiger partial charge on any atom is 0.307 e. The van der Waals surface area contributed by atoms with Crippen LogP contribution in [0.15, 0.2) is 60.7 Å². The summed E-state index contributed by atoms with van der Waals surface area (Å²) >= 11 is 0. The Morgan fingerprint density at radius 2 is 1.50 bits per heavy atom. The summed E-state index contributed by atoms with van der Waals surface area (Å²) in [5, 5.41) is 0. The molecule has 3 heteroatoms. The zero-order valence-electron chi connectivity index (χ0n) is 11.4. The van der Waals surface area contributed by atoms with Crippen molar-refractivity contribution in [2.75, 3.05) is 0 Å². The van der Waals surface area contributed by atoms with Crippen LogP contribution < -0.4 is 5.73 Å². The lowest BCUT2D eigenvalue weighted by Gasteiger charge is -2.11. The van der Waals surface area contributed by atoms with Gasteiger partial charge in [-0.1, -0.05) is 60.7 Å². The highest BCUT2D eigenvalue weighted by molar-refractivity contribution is 5.70. The first-order valence-electron chi connectivity index (χ1n) is 6.73. The van der Waals surface area contributed by atoms with E-state index in [1.165, 1.54) is 0 Å². The first-order chi connectivity index (χ1) is 9.74. The van der Waals surface area contributed by atoms with Crippen LogP contribution in [0.3, 0.4) is 0 Å². The van der Waals surface area contributed by atoms with Crippen LogP contribution in [0.2, 0.25) is 0 Å². The van der Waals surface area contributed by atoms with Gasteiger partial charge in [-0.25, -0.2) is 0 Å². The molecule has 0 amide bonds. The van der Waals surface area contributed by atoms with Gasteiger partial charge < -0.3 is 10.5 Å². The summed E-state index contributed by atoms with van der Waals surface area (Å²) in [5.74, 6) is -0.253. The molecule has 1 atom stereocenters. The summed E-state index contributed by atoms with van der Waals surface area (Å²) in [7, 11) is 0. The maximum atomic E-state index is 11.7. The van der Waals surface area contributed by atoms with E-state index < -0.39 is 0 Å². The molecule has 0 saturated heterocycles. The Morgan fingerprint density at radius 3 is 2.10 bits per heavy atom. The molecule has 0 aliphatic rings. The highest BCUT2D eigenvalue weighted by Gasteiger charge is 2.11. The molecule has 0 bridgehead atoms. The summed E-state index contributed by atoms with van der Waals surface area (Å²) in [6, 6.07) is 19.3. The summed E-state index contributed by atoms with van der Waals surface area (Å²) in [6.07, 6.45) is 0.920. The molecule has 104 valence electrons. The molecule has 0 aliphatic carbocycles. The summed E-state index contributed by atoms with van der Waals surface area (Å²) in [5.41, 5.74) is 8.09. The largest absolute Gasteiger partial charge is 0.461 e. The average Bonchev–Trinajstić information content (AvgIpc) is 2.47. The van der Waals surface area contributed by atoms with Gasteiger partial charge in [0.05, 0.1) is 6.42 Å². The number of hydrogen-bond acceptors (Lipinski definition) is 3. The summed E-state index contributed by atoms with van der Waals surface area (Å²) in [6.45, 7) is 0.303. The topological polar surface area (TPSA) is 52.3 Å². The van der Waals surface area contributed by atoms with E-state index in [2.05, 4.69) is 0 Å². The molecule has 0 fully saturated rings. The van der Waals surface area contributed by atoms with Crippen LogP contribution in [0.25, 0.3) is 0 Å². The van der Waals surface area contributed by atoms with Crippen LogP contribution in [0.4, 0.5) is 0 Å². The minimum atomic E-state index is -0.253. The molecule has 2 aromatic carbocycles. The van der Waals surface area contributed by atoms with Gasteiger partial charge in [0.25, 0.3) is 0 Å². The molecule has 0 spiro atoms. The van der Waals surface area contributed by atoms with E-state index in [9.17, 15) is 4.79 Å². The zero-order chi connectivity index (χ0) is 14.2. The van der Waals surface area contributed by atoms with Gasteiger partial charge in [-0.15, -0.1) is 0 Å². The van der Waals surface area contributed by atoms with Crippen molar-refractivity contribution in [3.05, 3.63) is 71.8 Å². The van der Waals surface area contributed by atoms with Crippen molar-refractivity contribution in [2.45, 2.75) is 25.5 Å². The average molecular weight is 269 g/mol. The van der Waals surface area contributed by atoms with Gasteiger partial charge in [0.15, 0.2) is 0 Å². The number of esters is 1. The van der Waals surface area contributed by atoms with E-state index in [0.717, 1.165) is 11.1 Å². The SMILES string of the molecule is N[C@H](CC(=O)OCc1ccccc1)Cc1ccccc1. The minimum absolute atomic E-state index is 0.208. The van der Waals surface area contributed by atoms with Crippen molar-refractivity contribution < 1.29 is 9.53 Å². The molecule has 3 nitrogen and oxygen atoms in total. The molecule has 20 heavy (non-hydrogen) atoms. The number of rotatable bonds is 6. The second kappa shape index (κ2) is 7.46.